The molecule has 0 saturated heterocycles. The predicted molar refractivity (Wildman–Crippen MR) is 107 cm³/mol. The van der Waals surface area contributed by atoms with Gasteiger partial charge in [0.25, 0.3) is 0 Å². The summed E-state index contributed by atoms with van der Waals surface area (Å²) in [5.74, 6) is -0.886. The Morgan fingerprint density at radius 2 is 1.25 bits per heavy atom. The third-order valence-electron chi connectivity index (χ3n) is 3.39. The van der Waals surface area contributed by atoms with Crippen LogP contribution in [0.3, 0.4) is 0 Å². The molecule has 0 aliphatic heterocycles. The number of carbonyl (C=O) groups excluding carboxylic acids is 2. The molecule has 10 heteroatoms. The first-order valence-electron chi connectivity index (χ1n) is 8.26. The number of benzene rings is 2. The van der Waals surface area contributed by atoms with Crippen LogP contribution in [0.1, 0.15) is 34.6 Å². The molecule has 2 aromatic carbocycles. The topological polar surface area (TPSA) is 93.7 Å². The van der Waals surface area contributed by atoms with Crippen molar-refractivity contribution in [1.82, 2.24) is 0 Å². The van der Waals surface area contributed by atoms with Gasteiger partial charge < -0.3 is 0 Å². The second-order valence-corrected chi connectivity index (χ2v) is 8.46. The van der Waals surface area contributed by atoms with Crippen LogP contribution in [0.4, 0.5) is 11.4 Å². The summed E-state index contributed by atoms with van der Waals surface area (Å²) in [5.41, 5.74) is 1.77. The summed E-state index contributed by atoms with van der Waals surface area (Å²) < 4.78 is 28.1. The summed E-state index contributed by atoms with van der Waals surface area (Å²) in [6.45, 7) is 4.01. The second-order valence-electron chi connectivity index (χ2n) is 5.34. The first-order valence-corrected chi connectivity index (χ1v) is 11.8. The van der Waals surface area contributed by atoms with Crippen molar-refractivity contribution in [2.75, 3.05) is 21.2 Å². The van der Waals surface area contributed by atoms with Crippen LogP contribution in [0.15, 0.2) is 46.2 Å². The third-order valence-corrected chi connectivity index (χ3v) is 5.98. The molecule has 2 N–H and O–H groups in total. The van der Waals surface area contributed by atoms with E-state index in [0.717, 1.165) is 0 Å². The fraction of sp³-hybridized carbons (Fsp3) is 0.222. The number of anilines is 2. The van der Waals surface area contributed by atoms with Crippen molar-refractivity contribution >= 4 is 48.6 Å². The van der Waals surface area contributed by atoms with Crippen LogP contribution < -0.4 is 7.97 Å². The maximum atomic E-state index is 12.5. The molecule has 2 aromatic rings. The van der Waals surface area contributed by atoms with E-state index in [0.29, 0.717) is 32.3 Å². The molecular formula is C18H20N2O5S2Tc. The summed E-state index contributed by atoms with van der Waals surface area (Å²) in [6.07, 6.45) is 0. The van der Waals surface area contributed by atoms with Crippen molar-refractivity contribution in [3.05, 3.63) is 47.5 Å². The van der Waals surface area contributed by atoms with Crippen LogP contribution >= 0.6 is 25.3 Å². The number of esters is 2. The maximum absolute atomic E-state index is 12.5. The van der Waals surface area contributed by atoms with Gasteiger partial charge in [0, 0.05) is 0 Å². The number of ether oxygens (including phenoxy) is 2. The van der Waals surface area contributed by atoms with Crippen molar-refractivity contribution < 1.29 is 39.5 Å². The number of hydrogen-bond acceptors (Lipinski definition) is 7. The van der Waals surface area contributed by atoms with Crippen LogP contribution in [-0.4, -0.2) is 25.2 Å². The quantitative estimate of drug-likeness (QED) is 0.318. The number of carbonyl (C=O) groups is 2. The molecule has 0 fully saturated rings. The molecule has 0 spiro atoms. The normalized spacial score (nSPS) is 10.5. The monoisotopic (exact) mass is 505 g/mol. The molecule has 151 valence electrons. The second kappa shape index (κ2) is 10.6. The minimum atomic E-state index is -3.09. The molecule has 7 nitrogen and oxygen atoms in total. The molecular weight excluding hydrogens is 486 g/mol. The Hall–Kier alpha value is -1.87. The van der Waals surface area contributed by atoms with Gasteiger partial charge in [0.2, 0.25) is 0 Å². The first kappa shape index (κ1) is 22.4. The van der Waals surface area contributed by atoms with Gasteiger partial charge in [0.1, 0.15) is 0 Å². The zero-order chi connectivity index (χ0) is 20.7. The van der Waals surface area contributed by atoms with E-state index in [1.165, 1.54) is 0 Å². The van der Waals surface area contributed by atoms with Gasteiger partial charge in [-0.1, -0.05) is 0 Å². The van der Waals surface area contributed by atoms with Crippen LogP contribution in [0.5, 0.6) is 0 Å². The van der Waals surface area contributed by atoms with Crippen molar-refractivity contribution in [1.29, 1.82) is 0 Å². The SMILES string of the molecule is CCOC(=O)c1ccc([NH][Tc](=[O])[NH]c2ccc(C(=O)OCC)cc2S)c(S)c1. The summed E-state index contributed by atoms with van der Waals surface area (Å²) >= 11 is 5.57. The molecule has 0 aromatic heterocycles. The minimum absolute atomic E-state index is 0.280. The van der Waals surface area contributed by atoms with Crippen molar-refractivity contribution in [2.24, 2.45) is 0 Å². The number of thiol groups is 2. The average molecular weight is 507 g/mol. The molecule has 2 rings (SSSR count). The van der Waals surface area contributed by atoms with E-state index in [4.69, 9.17) is 9.47 Å². The van der Waals surface area contributed by atoms with Gasteiger partial charge in [-0.05, 0) is 0 Å². The van der Waals surface area contributed by atoms with Gasteiger partial charge in [0.15, 0.2) is 0 Å². The van der Waals surface area contributed by atoms with Gasteiger partial charge >= 0.3 is 180 Å². The molecule has 0 unspecified atom stereocenters. The fourth-order valence-electron chi connectivity index (χ4n) is 2.11. The van der Waals surface area contributed by atoms with E-state index in [1.54, 1.807) is 50.2 Å². The van der Waals surface area contributed by atoms with Gasteiger partial charge in [0.05, 0.1) is 0 Å². The van der Waals surface area contributed by atoms with Crippen LogP contribution in [-0.2, 0) is 29.9 Å². The van der Waals surface area contributed by atoms with Gasteiger partial charge in [-0.2, -0.15) is 0 Å². The molecule has 0 aliphatic rings. The summed E-state index contributed by atoms with van der Waals surface area (Å²) in [6, 6.07) is 9.47. The Kier molecular flexibility index (Phi) is 8.50. The van der Waals surface area contributed by atoms with E-state index >= 15 is 0 Å². The number of nitrogens with one attached hydrogen (secondary N) is 2. The Morgan fingerprint density at radius 1 is 0.857 bits per heavy atom. The fourth-order valence-corrected chi connectivity index (χ4v) is 4.85. The van der Waals surface area contributed by atoms with Crippen molar-refractivity contribution in [3.63, 3.8) is 0 Å². The van der Waals surface area contributed by atoms with Gasteiger partial charge in [-0.25, -0.2) is 0 Å². The van der Waals surface area contributed by atoms with Crippen LogP contribution in [0.25, 0.3) is 0 Å². The average Bonchev–Trinajstić information content (AvgIpc) is 2.65. The number of rotatable bonds is 8. The Bertz CT molecular complexity index is 836. The summed E-state index contributed by atoms with van der Waals surface area (Å²) in [4.78, 5) is 24.4. The van der Waals surface area contributed by atoms with E-state index < -0.39 is 28.9 Å². The zero-order valence-electron chi connectivity index (χ0n) is 15.2. The third kappa shape index (κ3) is 6.07. The van der Waals surface area contributed by atoms with Crippen LogP contribution in [0, 0.1) is 0 Å². The van der Waals surface area contributed by atoms with E-state index in [2.05, 4.69) is 33.2 Å². The molecule has 28 heavy (non-hydrogen) atoms. The first-order chi connectivity index (χ1) is 13.3. The molecule has 0 saturated carbocycles. The number of hydrogen-bond donors (Lipinski definition) is 4. The van der Waals surface area contributed by atoms with Crippen LogP contribution in [0.2, 0.25) is 0 Å². The van der Waals surface area contributed by atoms with Crippen molar-refractivity contribution in [2.45, 2.75) is 23.6 Å². The van der Waals surface area contributed by atoms with E-state index in [9.17, 15) is 13.1 Å². The Morgan fingerprint density at radius 3 is 1.57 bits per heavy atom. The molecule has 0 radical (unpaired) electrons. The molecule has 0 atom stereocenters. The summed E-state index contributed by atoms with van der Waals surface area (Å²) in [5, 5.41) is 0. The Labute approximate surface area is 180 Å². The standard InChI is InChI=1S/2C9H11NO2S.O.Tc/c2*1-2-12-9(11)6-3-4-7(10)8(13)5-6;;/h2*3-5H,2H2,1H3,(H3,10,11,13);;/q;;;+2/p-2. The van der Waals surface area contributed by atoms with Gasteiger partial charge in [-0.3, -0.25) is 0 Å². The van der Waals surface area contributed by atoms with Crippen molar-refractivity contribution in [3.8, 4) is 0 Å². The molecule has 0 amide bonds. The predicted octanol–water partition coefficient (Wildman–Crippen LogP) is 3.94. The van der Waals surface area contributed by atoms with E-state index in [-0.39, 0.29) is 13.2 Å². The summed E-state index contributed by atoms with van der Waals surface area (Å²) in [7, 11) is 0. The molecule has 0 heterocycles. The zero-order valence-corrected chi connectivity index (χ0v) is 18.8. The van der Waals surface area contributed by atoms with E-state index in [1.807, 2.05) is 0 Å². The molecule has 0 bridgehead atoms. The Balaban J connectivity index is 2.06. The van der Waals surface area contributed by atoms with Gasteiger partial charge in [-0.15, -0.1) is 0 Å². The molecule has 0 aliphatic carbocycles.